The summed E-state index contributed by atoms with van der Waals surface area (Å²) in [5, 5.41) is 0. The number of hydrogen-bond acceptors (Lipinski definition) is 3. The predicted octanol–water partition coefficient (Wildman–Crippen LogP) is 1.68. The fourth-order valence-corrected chi connectivity index (χ4v) is 1.74. The molecule has 0 bridgehead atoms. The van der Waals surface area contributed by atoms with Gasteiger partial charge in [0.2, 0.25) is 0 Å². The van der Waals surface area contributed by atoms with Crippen LogP contribution in [0.1, 0.15) is 12.0 Å². The third-order valence-electron chi connectivity index (χ3n) is 1.97. The highest BCUT2D eigenvalue weighted by Gasteiger charge is 2.12. The second-order valence-corrected chi connectivity index (χ2v) is 3.21. The first-order valence-corrected chi connectivity index (χ1v) is 4.17. The van der Waals surface area contributed by atoms with Gasteiger partial charge in [-0.1, -0.05) is 12.8 Å². The maximum atomic E-state index is 4.35. The molecule has 0 amide bonds. The van der Waals surface area contributed by atoms with Crippen molar-refractivity contribution in [3.8, 4) is 0 Å². The smallest absolute Gasteiger partial charge is 0.0530 e. The molecule has 0 atom stereocenters. The second-order valence-electron chi connectivity index (χ2n) is 2.73. The maximum absolute atomic E-state index is 4.35. The summed E-state index contributed by atoms with van der Waals surface area (Å²) in [6.07, 6.45) is 6.06. The summed E-state index contributed by atoms with van der Waals surface area (Å²) in [5.74, 6) is 0. The highest BCUT2D eigenvalue weighted by atomic mass is 32.1. The molecule has 0 unspecified atom stereocenters. The van der Waals surface area contributed by atoms with Gasteiger partial charge in [0.25, 0.3) is 0 Å². The van der Waals surface area contributed by atoms with Crippen LogP contribution in [-0.2, 0) is 6.42 Å². The van der Waals surface area contributed by atoms with E-state index in [-0.39, 0.29) is 0 Å². The molecule has 11 heavy (non-hydrogen) atoms. The average molecular weight is 166 g/mol. The predicted molar refractivity (Wildman–Crippen MR) is 48.9 cm³/mol. The van der Waals surface area contributed by atoms with E-state index in [0.717, 1.165) is 13.0 Å². The Morgan fingerprint density at radius 2 is 2.45 bits per heavy atom. The molecule has 0 spiro atoms. The number of anilines is 1. The standard InChI is InChI=1S/C8H10N2S/c11-10-5-1-2-7-6-9-4-3-8(7)10/h3-4,6,11H,1-2,5H2. The molecule has 2 rings (SSSR count). The van der Waals surface area contributed by atoms with Gasteiger partial charge in [-0.05, 0) is 24.5 Å². The lowest BCUT2D eigenvalue weighted by Crippen LogP contribution is -2.19. The Bertz CT molecular complexity index is 262. The molecule has 2 nitrogen and oxygen atoms in total. The molecule has 1 aromatic rings. The molecule has 0 radical (unpaired) electrons. The first-order chi connectivity index (χ1) is 5.38. The Morgan fingerprint density at radius 1 is 1.55 bits per heavy atom. The molecule has 58 valence electrons. The first kappa shape index (κ1) is 6.98. The molecule has 3 heteroatoms. The zero-order valence-corrected chi connectivity index (χ0v) is 7.09. The van der Waals surface area contributed by atoms with Crippen molar-refractivity contribution in [2.75, 3.05) is 10.8 Å². The van der Waals surface area contributed by atoms with Crippen LogP contribution in [0, 0.1) is 0 Å². The summed E-state index contributed by atoms with van der Waals surface area (Å²) >= 11 is 4.35. The number of aryl methyl sites for hydroxylation is 1. The number of pyridine rings is 1. The molecule has 0 N–H and O–H groups in total. The Kier molecular flexibility index (Phi) is 1.74. The van der Waals surface area contributed by atoms with Gasteiger partial charge in [0.1, 0.15) is 0 Å². The van der Waals surface area contributed by atoms with Crippen molar-refractivity contribution < 1.29 is 0 Å². The van der Waals surface area contributed by atoms with Crippen LogP contribution in [-0.4, -0.2) is 11.5 Å². The lowest BCUT2D eigenvalue weighted by molar-refractivity contribution is 0.792. The third kappa shape index (κ3) is 1.20. The average Bonchev–Trinajstić information content (AvgIpc) is 2.06. The zero-order valence-electron chi connectivity index (χ0n) is 6.20. The first-order valence-electron chi connectivity index (χ1n) is 3.77. The molecule has 0 fully saturated rings. The summed E-state index contributed by atoms with van der Waals surface area (Å²) in [7, 11) is 0. The summed E-state index contributed by atoms with van der Waals surface area (Å²) in [6, 6.07) is 2.02. The van der Waals surface area contributed by atoms with Crippen LogP contribution in [0.5, 0.6) is 0 Å². The Labute approximate surface area is 71.8 Å². The van der Waals surface area contributed by atoms with Crippen molar-refractivity contribution in [3.63, 3.8) is 0 Å². The van der Waals surface area contributed by atoms with Gasteiger partial charge in [-0.3, -0.25) is 4.98 Å². The molecule has 0 aromatic carbocycles. The molecular weight excluding hydrogens is 156 g/mol. The van der Waals surface area contributed by atoms with E-state index in [0.29, 0.717) is 0 Å². The highest BCUT2D eigenvalue weighted by Crippen LogP contribution is 2.26. The van der Waals surface area contributed by atoms with Gasteiger partial charge in [0.05, 0.1) is 5.69 Å². The van der Waals surface area contributed by atoms with E-state index in [1.807, 2.05) is 22.8 Å². The Morgan fingerprint density at radius 3 is 3.27 bits per heavy atom. The van der Waals surface area contributed by atoms with Crippen molar-refractivity contribution in [2.24, 2.45) is 0 Å². The van der Waals surface area contributed by atoms with Gasteiger partial charge in [-0.25, -0.2) is 0 Å². The quantitative estimate of drug-likeness (QED) is 0.590. The Hall–Kier alpha value is -0.700. The van der Waals surface area contributed by atoms with Gasteiger partial charge >= 0.3 is 0 Å². The van der Waals surface area contributed by atoms with E-state index in [4.69, 9.17) is 0 Å². The summed E-state index contributed by atoms with van der Waals surface area (Å²) < 4.78 is 1.99. The van der Waals surface area contributed by atoms with E-state index in [9.17, 15) is 0 Å². The third-order valence-corrected chi connectivity index (χ3v) is 2.39. The lowest BCUT2D eigenvalue weighted by atomic mass is 10.1. The van der Waals surface area contributed by atoms with Crippen LogP contribution in [0.4, 0.5) is 5.69 Å². The number of nitrogens with zero attached hydrogens (tertiary/aromatic N) is 2. The van der Waals surface area contributed by atoms with Crippen LogP contribution < -0.4 is 4.31 Å². The van der Waals surface area contributed by atoms with E-state index < -0.39 is 0 Å². The van der Waals surface area contributed by atoms with Crippen molar-refractivity contribution >= 4 is 18.5 Å². The molecule has 0 saturated heterocycles. The van der Waals surface area contributed by atoms with Gasteiger partial charge in [0.15, 0.2) is 0 Å². The van der Waals surface area contributed by atoms with Gasteiger partial charge < -0.3 is 4.31 Å². The van der Waals surface area contributed by atoms with Crippen LogP contribution in [0.25, 0.3) is 0 Å². The van der Waals surface area contributed by atoms with Gasteiger partial charge in [0, 0.05) is 18.9 Å². The zero-order chi connectivity index (χ0) is 7.68. The summed E-state index contributed by atoms with van der Waals surface area (Å²) in [5.41, 5.74) is 2.53. The van der Waals surface area contributed by atoms with Crippen molar-refractivity contribution in [1.29, 1.82) is 0 Å². The van der Waals surface area contributed by atoms with E-state index in [1.54, 1.807) is 0 Å². The maximum Gasteiger partial charge on any atom is 0.0530 e. The van der Waals surface area contributed by atoms with Crippen LogP contribution in [0.15, 0.2) is 18.5 Å². The molecule has 1 aliphatic heterocycles. The minimum absolute atomic E-state index is 1.04. The van der Waals surface area contributed by atoms with Crippen LogP contribution in [0.3, 0.4) is 0 Å². The molecule has 2 heterocycles. The molecule has 1 aliphatic rings. The topological polar surface area (TPSA) is 16.1 Å². The molecule has 0 aliphatic carbocycles. The van der Waals surface area contributed by atoms with Gasteiger partial charge in [-0.2, -0.15) is 0 Å². The van der Waals surface area contributed by atoms with Crippen molar-refractivity contribution in [2.45, 2.75) is 12.8 Å². The number of fused-ring (bicyclic) bond motifs is 1. The fraction of sp³-hybridized carbons (Fsp3) is 0.375. The molecule has 1 aromatic heterocycles. The van der Waals surface area contributed by atoms with Gasteiger partial charge in [-0.15, -0.1) is 0 Å². The largest absolute Gasteiger partial charge is 0.318 e. The second kappa shape index (κ2) is 2.74. The Balaban J connectivity index is 2.44. The van der Waals surface area contributed by atoms with Crippen molar-refractivity contribution in [1.82, 2.24) is 4.98 Å². The lowest BCUT2D eigenvalue weighted by Gasteiger charge is -2.25. The normalized spacial score (nSPS) is 16.3. The van der Waals surface area contributed by atoms with Crippen molar-refractivity contribution in [3.05, 3.63) is 24.0 Å². The minimum atomic E-state index is 1.04. The van der Waals surface area contributed by atoms with E-state index in [2.05, 4.69) is 17.8 Å². The van der Waals surface area contributed by atoms with Crippen LogP contribution >= 0.6 is 12.8 Å². The summed E-state index contributed by atoms with van der Waals surface area (Å²) in [4.78, 5) is 4.07. The minimum Gasteiger partial charge on any atom is -0.318 e. The molecular formula is C8H10N2S. The monoisotopic (exact) mass is 166 g/mol. The number of rotatable bonds is 0. The number of thiol groups is 1. The number of hydrogen-bond donors (Lipinski definition) is 1. The number of aromatic nitrogens is 1. The SMILES string of the molecule is SN1CCCc2cnccc21. The highest BCUT2D eigenvalue weighted by molar-refractivity contribution is 7.81. The van der Waals surface area contributed by atoms with E-state index >= 15 is 0 Å². The fourth-order valence-electron chi connectivity index (χ4n) is 1.40. The molecule has 0 saturated carbocycles. The summed E-state index contributed by atoms with van der Waals surface area (Å²) in [6.45, 7) is 1.04. The van der Waals surface area contributed by atoms with Crippen LogP contribution in [0.2, 0.25) is 0 Å². The van der Waals surface area contributed by atoms with E-state index in [1.165, 1.54) is 17.7 Å².